The van der Waals surface area contributed by atoms with Crippen molar-refractivity contribution >= 4 is 17.9 Å². The number of hydrogen-bond donors (Lipinski definition) is 3. The van der Waals surface area contributed by atoms with Crippen LogP contribution in [0.5, 0.6) is 5.75 Å². The summed E-state index contributed by atoms with van der Waals surface area (Å²) in [5.74, 6) is -0.702. The average Bonchev–Trinajstić information content (AvgIpc) is 2.78. The standard InChI is InChI=1S/C30H51N3O5/c1-9-10-11-12-13-16-19-33(26(27(35)31-22(4)5)23-17-14-15-18-25(23)34)28(36)24(20-21(2)3)32-29(37)38-30(6,7)8/h14-15,17-18,21-22,24,26,34H,9-13,16,19-20H2,1-8H3,(H,31,35)(H,32,37). The van der Waals surface area contributed by atoms with E-state index in [1.165, 1.54) is 11.0 Å². The molecule has 216 valence electrons. The molecule has 0 aromatic heterocycles. The highest BCUT2D eigenvalue weighted by Crippen LogP contribution is 2.31. The quantitative estimate of drug-likeness (QED) is 0.237. The van der Waals surface area contributed by atoms with E-state index in [0.29, 0.717) is 24.9 Å². The van der Waals surface area contributed by atoms with Crippen LogP contribution in [0.1, 0.15) is 112 Å². The van der Waals surface area contributed by atoms with Gasteiger partial charge in [-0.1, -0.05) is 71.1 Å². The van der Waals surface area contributed by atoms with E-state index in [4.69, 9.17) is 4.74 Å². The monoisotopic (exact) mass is 533 g/mol. The fraction of sp³-hybridized carbons (Fsp3) is 0.700. The number of nitrogens with one attached hydrogen (secondary N) is 2. The number of amides is 3. The molecule has 8 heteroatoms. The summed E-state index contributed by atoms with van der Waals surface area (Å²) in [6.45, 7) is 15.4. The van der Waals surface area contributed by atoms with Crippen LogP contribution < -0.4 is 10.6 Å². The second kappa shape index (κ2) is 16.2. The van der Waals surface area contributed by atoms with Crippen molar-refractivity contribution in [2.45, 2.75) is 124 Å². The largest absolute Gasteiger partial charge is 0.508 e. The Morgan fingerprint density at radius 3 is 2.11 bits per heavy atom. The lowest BCUT2D eigenvalue weighted by Crippen LogP contribution is -2.54. The van der Waals surface area contributed by atoms with Crippen molar-refractivity contribution in [1.82, 2.24) is 15.5 Å². The highest BCUT2D eigenvalue weighted by molar-refractivity contribution is 5.92. The number of hydrogen-bond acceptors (Lipinski definition) is 5. The topological polar surface area (TPSA) is 108 Å². The molecule has 0 heterocycles. The van der Waals surface area contributed by atoms with Crippen LogP contribution in [0.3, 0.4) is 0 Å². The predicted molar refractivity (Wildman–Crippen MR) is 152 cm³/mol. The number of phenolic OH excluding ortho intramolecular Hbond substituents is 1. The Hall–Kier alpha value is -2.77. The minimum Gasteiger partial charge on any atom is -0.508 e. The lowest BCUT2D eigenvalue weighted by atomic mass is 9.98. The van der Waals surface area contributed by atoms with Gasteiger partial charge in [0.25, 0.3) is 0 Å². The zero-order valence-electron chi connectivity index (χ0n) is 24.8. The van der Waals surface area contributed by atoms with Gasteiger partial charge in [0.15, 0.2) is 0 Å². The minimum atomic E-state index is -1.04. The summed E-state index contributed by atoms with van der Waals surface area (Å²) in [6.07, 6.45) is 5.79. The van der Waals surface area contributed by atoms with E-state index < -0.39 is 23.8 Å². The van der Waals surface area contributed by atoms with Crippen LogP contribution in [-0.2, 0) is 14.3 Å². The summed E-state index contributed by atoms with van der Waals surface area (Å²) in [6, 6.07) is 4.52. The normalized spacial score (nSPS) is 13.2. The predicted octanol–water partition coefficient (Wildman–Crippen LogP) is 6.09. The van der Waals surface area contributed by atoms with Crippen LogP contribution in [0.2, 0.25) is 0 Å². The molecule has 1 rings (SSSR count). The molecular formula is C30H51N3O5. The molecule has 0 fully saturated rings. The number of para-hydroxylation sites is 1. The summed E-state index contributed by atoms with van der Waals surface area (Å²) in [5, 5.41) is 16.4. The number of carbonyl (C=O) groups excluding carboxylic acids is 3. The SMILES string of the molecule is CCCCCCCCN(C(=O)C(CC(C)C)NC(=O)OC(C)(C)C)C(C(=O)NC(C)C)c1ccccc1O. The van der Waals surface area contributed by atoms with Crippen LogP contribution in [0.25, 0.3) is 0 Å². The molecule has 38 heavy (non-hydrogen) atoms. The molecule has 2 unspecified atom stereocenters. The zero-order chi connectivity index (χ0) is 28.9. The van der Waals surface area contributed by atoms with Gasteiger partial charge in [0.05, 0.1) is 0 Å². The van der Waals surface area contributed by atoms with Crippen LogP contribution in [0.4, 0.5) is 4.79 Å². The maximum atomic E-state index is 14.2. The zero-order valence-corrected chi connectivity index (χ0v) is 24.8. The Morgan fingerprint density at radius 2 is 1.55 bits per heavy atom. The first-order valence-electron chi connectivity index (χ1n) is 14.1. The Balaban J connectivity index is 3.43. The molecule has 1 aromatic carbocycles. The molecule has 3 amide bonds. The van der Waals surface area contributed by atoms with Gasteiger partial charge < -0.3 is 25.4 Å². The van der Waals surface area contributed by atoms with Gasteiger partial charge >= 0.3 is 6.09 Å². The van der Waals surface area contributed by atoms with Crippen molar-refractivity contribution < 1.29 is 24.2 Å². The van der Waals surface area contributed by atoms with Gasteiger partial charge in [0.1, 0.15) is 23.4 Å². The first kappa shape index (κ1) is 33.3. The lowest BCUT2D eigenvalue weighted by Gasteiger charge is -2.35. The molecule has 0 aliphatic carbocycles. The van der Waals surface area contributed by atoms with Gasteiger partial charge in [0.2, 0.25) is 11.8 Å². The molecule has 0 saturated heterocycles. The van der Waals surface area contributed by atoms with Crippen molar-refractivity contribution in [3.8, 4) is 5.75 Å². The minimum absolute atomic E-state index is 0.0577. The number of benzene rings is 1. The fourth-order valence-corrected chi connectivity index (χ4v) is 4.30. The van der Waals surface area contributed by atoms with E-state index in [-0.39, 0.29) is 29.5 Å². The number of carbonyl (C=O) groups is 3. The van der Waals surface area contributed by atoms with E-state index in [0.717, 1.165) is 32.1 Å². The van der Waals surface area contributed by atoms with E-state index in [9.17, 15) is 19.5 Å². The third-order valence-electron chi connectivity index (χ3n) is 5.95. The number of ether oxygens (including phenoxy) is 1. The van der Waals surface area contributed by atoms with Crippen molar-refractivity contribution in [2.75, 3.05) is 6.54 Å². The molecule has 0 spiro atoms. The number of phenols is 1. The summed E-state index contributed by atoms with van der Waals surface area (Å²) in [7, 11) is 0. The summed E-state index contributed by atoms with van der Waals surface area (Å²) >= 11 is 0. The number of aromatic hydroxyl groups is 1. The molecule has 0 bridgehead atoms. The van der Waals surface area contributed by atoms with Crippen LogP contribution in [0, 0.1) is 5.92 Å². The molecule has 0 radical (unpaired) electrons. The summed E-state index contributed by atoms with van der Waals surface area (Å²) in [4.78, 5) is 41.9. The summed E-state index contributed by atoms with van der Waals surface area (Å²) < 4.78 is 5.44. The van der Waals surface area contributed by atoms with E-state index in [2.05, 4.69) is 17.6 Å². The van der Waals surface area contributed by atoms with Crippen molar-refractivity contribution in [2.24, 2.45) is 5.92 Å². The smallest absolute Gasteiger partial charge is 0.408 e. The number of alkyl carbamates (subject to hydrolysis) is 1. The Kier molecular flexibility index (Phi) is 14.2. The van der Waals surface area contributed by atoms with Crippen LogP contribution >= 0.6 is 0 Å². The molecule has 2 atom stereocenters. The Labute approximate surface area is 229 Å². The van der Waals surface area contributed by atoms with Gasteiger partial charge in [-0.25, -0.2) is 4.79 Å². The van der Waals surface area contributed by atoms with E-state index >= 15 is 0 Å². The van der Waals surface area contributed by atoms with E-state index in [1.54, 1.807) is 39.0 Å². The maximum Gasteiger partial charge on any atom is 0.408 e. The van der Waals surface area contributed by atoms with Gasteiger partial charge in [-0.2, -0.15) is 0 Å². The number of rotatable bonds is 15. The lowest BCUT2D eigenvalue weighted by molar-refractivity contribution is -0.143. The van der Waals surface area contributed by atoms with Gasteiger partial charge in [-0.3, -0.25) is 9.59 Å². The van der Waals surface area contributed by atoms with Crippen molar-refractivity contribution in [3.05, 3.63) is 29.8 Å². The second-order valence-corrected chi connectivity index (χ2v) is 11.8. The molecule has 0 aliphatic rings. The van der Waals surface area contributed by atoms with Gasteiger partial charge in [-0.05, 0) is 59.4 Å². The first-order valence-corrected chi connectivity index (χ1v) is 14.1. The molecule has 0 aliphatic heterocycles. The fourth-order valence-electron chi connectivity index (χ4n) is 4.30. The van der Waals surface area contributed by atoms with E-state index in [1.807, 2.05) is 27.7 Å². The molecule has 1 aromatic rings. The highest BCUT2D eigenvalue weighted by atomic mass is 16.6. The number of nitrogens with zero attached hydrogens (tertiary/aromatic N) is 1. The number of unbranched alkanes of at least 4 members (excludes halogenated alkanes) is 5. The first-order chi connectivity index (χ1) is 17.8. The Bertz CT molecular complexity index is 879. The molecule has 0 saturated carbocycles. The molecule has 3 N–H and O–H groups in total. The average molecular weight is 534 g/mol. The second-order valence-electron chi connectivity index (χ2n) is 11.8. The maximum absolute atomic E-state index is 14.2. The van der Waals surface area contributed by atoms with Crippen LogP contribution in [0.15, 0.2) is 24.3 Å². The Morgan fingerprint density at radius 1 is 0.947 bits per heavy atom. The van der Waals surface area contributed by atoms with Crippen molar-refractivity contribution in [1.29, 1.82) is 0 Å². The summed E-state index contributed by atoms with van der Waals surface area (Å²) in [5.41, 5.74) is -0.367. The third kappa shape index (κ3) is 12.2. The molecule has 8 nitrogen and oxygen atoms in total. The van der Waals surface area contributed by atoms with Gasteiger partial charge in [0, 0.05) is 18.2 Å². The highest BCUT2D eigenvalue weighted by Gasteiger charge is 2.37. The van der Waals surface area contributed by atoms with Gasteiger partial charge in [-0.15, -0.1) is 0 Å². The molecular weight excluding hydrogens is 482 g/mol. The van der Waals surface area contributed by atoms with Crippen LogP contribution in [-0.4, -0.2) is 52.1 Å². The third-order valence-corrected chi connectivity index (χ3v) is 5.95. The van der Waals surface area contributed by atoms with Crippen molar-refractivity contribution in [3.63, 3.8) is 0 Å².